The first-order chi connectivity index (χ1) is 11.2. The summed E-state index contributed by atoms with van der Waals surface area (Å²) in [6, 6.07) is 7.99. The molecule has 2 N–H and O–H groups in total. The van der Waals surface area contributed by atoms with Crippen LogP contribution in [0.15, 0.2) is 41.7 Å². The van der Waals surface area contributed by atoms with Gasteiger partial charge in [0.25, 0.3) is 0 Å². The summed E-state index contributed by atoms with van der Waals surface area (Å²) in [5.41, 5.74) is 2.34. The molecule has 1 aromatic heterocycles. The topological polar surface area (TPSA) is 63.5 Å². The Morgan fingerprint density at radius 1 is 1.33 bits per heavy atom. The molecule has 24 heavy (non-hydrogen) atoms. The molecule has 0 saturated carbocycles. The molecule has 1 aromatic carbocycles. The van der Waals surface area contributed by atoms with Crippen molar-refractivity contribution in [2.24, 2.45) is 4.99 Å². The lowest BCUT2D eigenvalue weighted by molar-refractivity contribution is 0.414. The van der Waals surface area contributed by atoms with Gasteiger partial charge in [-0.2, -0.15) is 5.10 Å². The van der Waals surface area contributed by atoms with Gasteiger partial charge in [-0.05, 0) is 36.6 Å². The van der Waals surface area contributed by atoms with E-state index in [1.165, 1.54) is 5.56 Å². The molecule has 0 amide bonds. The molecule has 0 atom stereocenters. The number of nitrogens with one attached hydrogen (secondary N) is 2. The minimum absolute atomic E-state index is 0. The van der Waals surface area contributed by atoms with Crippen LogP contribution in [0.25, 0.3) is 0 Å². The highest BCUT2D eigenvalue weighted by atomic mass is 127. The van der Waals surface area contributed by atoms with Crippen molar-refractivity contribution in [3.8, 4) is 5.75 Å². The van der Waals surface area contributed by atoms with Gasteiger partial charge in [-0.25, -0.2) is 0 Å². The lowest BCUT2D eigenvalue weighted by Gasteiger charge is -2.12. The van der Waals surface area contributed by atoms with Gasteiger partial charge < -0.3 is 15.4 Å². The molecule has 0 bridgehead atoms. The Balaban J connectivity index is 0.00000288. The van der Waals surface area contributed by atoms with Gasteiger partial charge in [0, 0.05) is 32.9 Å². The highest BCUT2D eigenvalue weighted by Gasteiger charge is 2.00. The number of guanidine groups is 1. The third kappa shape index (κ3) is 6.77. The van der Waals surface area contributed by atoms with E-state index in [9.17, 15) is 0 Å². The number of halogens is 1. The monoisotopic (exact) mass is 443 g/mol. The molecular formula is C17H26IN5O. The van der Waals surface area contributed by atoms with Crippen LogP contribution in [-0.4, -0.2) is 36.4 Å². The molecule has 132 valence electrons. The fourth-order valence-electron chi connectivity index (χ4n) is 2.23. The van der Waals surface area contributed by atoms with Crippen LogP contribution in [0.1, 0.15) is 17.5 Å². The van der Waals surface area contributed by atoms with Crippen LogP contribution in [0.5, 0.6) is 5.75 Å². The summed E-state index contributed by atoms with van der Waals surface area (Å²) in [4.78, 5) is 4.24. The van der Waals surface area contributed by atoms with E-state index in [1.807, 2.05) is 36.0 Å². The second kappa shape index (κ2) is 10.9. The minimum atomic E-state index is 0. The molecule has 0 radical (unpaired) electrons. The summed E-state index contributed by atoms with van der Waals surface area (Å²) in [5.74, 6) is 1.66. The van der Waals surface area contributed by atoms with Crippen molar-refractivity contribution in [2.45, 2.75) is 26.4 Å². The number of aryl methyl sites for hydroxylation is 2. The molecule has 6 nitrogen and oxygen atoms in total. The van der Waals surface area contributed by atoms with Crippen molar-refractivity contribution in [3.63, 3.8) is 0 Å². The van der Waals surface area contributed by atoms with E-state index in [0.29, 0.717) is 6.54 Å². The molecule has 0 aliphatic heterocycles. The smallest absolute Gasteiger partial charge is 0.191 e. The Labute approximate surface area is 160 Å². The van der Waals surface area contributed by atoms with Crippen molar-refractivity contribution >= 4 is 29.9 Å². The molecule has 7 heteroatoms. The lowest BCUT2D eigenvalue weighted by Crippen LogP contribution is -2.37. The van der Waals surface area contributed by atoms with E-state index >= 15 is 0 Å². The number of nitrogens with zero attached hydrogens (tertiary/aromatic N) is 3. The maximum Gasteiger partial charge on any atom is 0.191 e. The van der Waals surface area contributed by atoms with Gasteiger partial charge in [0.2, 0.25) is 0 Å². The summed E-state index contributed by atoms with van der Waals surface area (Å²) in [6.07, 6.45) is 4.92. The molecule has 0 fully saturated rings. The van der Waals surface area contributed by atoms with Crippen LogP contribution >= 0.6 is 24.0 Å². The van der Waals surface area contributed by atoms with Gasteiger partial charge in [0.15, 0.2) is 5.96 Å². The van der Waals surface area contributed by atoms with E-state index in [2.05, 4.69) is 33.0 Å². The van der Waals surface area contributed by atoms with Crippen molar-refractivity contribution in [2.75, 3.05) is 20.7 Å². The Hall–Kier alpha value is -1.77. The van der Waals surface area contributed by atoms with E-state index in [4.69, 9.17) is 4.74 Å². The van der Waals surface area contributed by atoms with Crippen LogP contribution in [0.4, 0.5) is 0 Å². The summed E-state index contributed by atoms with van der Waals surface area (Å²) in [7, 11) is 3.45. The molecule has 0 aliphatic carbocycles. The van der Waals surface area contributed by atoms with E-state index < -0.39 is 0 Å². The van der Waals surface area contributed by atoms with Crippen LogP contribution in [0.3, 0.4) is 0 Å². The fraction of sp³-hybridized carbons (Fsp3) is 0.412. The van der Waals surface area contributed by atoms with E-state index in [1.54, 1.807) is 14.2 Å². The quantitative estimate of drug-likeness (QED) is 0.299. The predicted molar refractivity (Wildman–Crippen MR) is 108 cm³/mol. The molecule has 2 aromatic rings. The first kappa shape index (κ1) is 20.3. The first-order valence-corrected chi connectivity index (χ1v) is 7.78. The molecule has 0 saturated heterocycles. The summed E-state index contributed by atoms with van der Waals surface area (Å²) in [6.45, 7) is 4.49. The number of ether oxygens (including phenoxy) is 1. The first-order valence-electron chi connectivity index (χ1n) is 7.78. The zero-order chi connectivity index (χ0) is 16.5. The maximum absolute atomic E-state index is 5.23. The Kier molecular flexibility index (Phi) is 9.21. The number of hydrogen-bond donors (Lipinski definition) is 2. The molecular weight excluding hydrogens is 417 g/mol. The van der Waals surface area contributed by atoms with Crippen molar-refractivity contribution in [1.82, 2.24) is 20.4 Å². The second-order valence-corrected chi connectivity index (χ2v) is 5.34. The molecule has 2 rings (SSSR count). The fourth-order valence-corrected chi connectivity index (χ4v) is 2.23. The molecule has 0 unspecified atom stereocenters. The third-order valence-corrected chi connectivity index (χ3v) is 3.44. The van der Waals surface area contributed by atoms with E-state index in [-0.39, 0.29) is 24.0 Å². The number of rotatable bonds is 7. The predicted octanol–water partition coefficient (Wildman–Crippen LogP) is 2.57. The summed E-state index contributed by atoms with van der Waals surface area (Å²) >= 11 is 0. The zero-order valence-electron chi connectivity index (χ0n) is 14.5. The zero-order valence-corrected chi connectivity index (χ0v) is 16.8. The Morgan fingerprint density at radius 3 is 2.83 bits per heavy atom. The van der Waals surface area contributed by atoms with Crippen molar-refractivity contribution in [1.29, 1.82) is 0 Å². The third-order valence-electron chi connectivity index (χ3n) is 3.44. The van der Waals surface area contributed by atoms with Crippen LogP contribution in [-0.2, 0) is 13.1 Å². The highest BCUT2D eigenvalue weighted by molar-refractivity contribution is 14.0. The molecule has 1 heterocycles. The lowest BCUT2D eigenvalue weighted by atomic mass is 10.2. The number of aliphatic imine (C=N–C) groups is 1. The highest BCUT2D eigenvalue weighted by Crippen LogP contribution is 2.11. The van der Waals surface area contributed by atoms with Gasteiger partial charge >= 0.3 is 0 Å². The summed E-state index contributed by atoms with van der Waals surface area (Å²) < 4.78 is 7.19. The van der Waals surface area contributed by atoms with E-state index in [0.717, 1.165) is 36.8 Å². The Morgan fingerprint density at radius 2 is 2.17 bits per heavy atom. The SMILES string of the molecule is CN=C(NCCCn1cc(C)cn1)NCc1cccc(OC)c1.I. The number of aromatic nitrogens is 2. The number of hydrogen-bond acceptors (Lipinski definition) is 3. The van der Waals surface area contributed by atoms with Gasteiger partial charge in [-0.15, -0.1) is 24.0 Å². The van der Waals surface area contributed by atoms with Crippen LogP contribution < -0.4 is 15.4 Å². The van der Waals surface area contributed by atoms with Gasteiger partial charge in [-0.1, -0.05) is 12.1 Å². The van der Waals surface area contributed by atoms with Gasteiger partial charge in [0.05, 0.1) is 13.3 Å². The maximum atomic E-state index is 5.23. The normalized spacial score (nSPS) is 10.9. The minimum Gasteiger partial charge on any atom is -0.497 e. The van der Waals surface area contributed by atoms with Crippen molar-refractivity contribution in [3.05, 3.63) is 47.8 Å². The second-order valence-electron chi connectivity index (χ2n) is 5.34. The van der Waals surface area contributed by atoms with Gasteiger partial charge in [-0.3, -0.25) is 9.67 Å². The summed E-state index contributed by atoms with van der Waals surface area (Å²) in [5, 5.41) is 10.9. The Bertz CT molecular complexity index is 641. The average molecular weight is 443 g/mol. The van der Waals surface area contributed by atoms with Crippen LogP contribution in [0.2, 0.25) is 0 Å². The van der Waals surface area contributed by atoms with Gasteiger partial charge in [0.1, 0.15) is 5.75 Å². The number of benzene rings is 1. The molecule has 0 spiro atoms. The molecule has 0 aliphatic rings. The number of methoxy groups -OCH3 is 1. The largest absolute Gasteiger partial charge is 0.497 e. The van der Waals surface area contributed by atoms with Crippen molar-refractivity contribution < 1.29 is 4.74 Å². The van der Waals surface area contributed by atoms with Crippen LogP contribution in [0, 0.1) is 6.92 Å². The average Bonchev–Trinajstić information content (AvgIpc) is 2.99. The standard InChI is InChI=1S/C17H25N5O.HI/c1-14-11-21-22(13-14)9-5-8-19-17(18-2)20-12-15-6-4-7-16(10-15)23-3;/h4,6-7,10-11,13H,5,8-9,12H2,1-3H3,(H2,18,19,20);1H.